The van der Waals surface area contributed by atoms with Gasteiger partial charge in [0.25, 0.3) is 0 Å². The lowest BCUT2D eigenvalue weighted by molar-refractivity contribution is -0.147. The molecule has 164 valence electrons. The summed E-state index contributed by atoms with van der Waals surface area (Å²) in [6, 6.07) is 31.0. The van der Waals surface area contributed by atoms with Crippen LogP contribution in [0.3, 0.4) is 0 Å². The number of nitrogens with one attached hydrogen (secondary N) is 1. The molecule has 1 fully saturated rings. The van der Waals surface area contributed by atoms with Crippen molar-refractivity contribution in [1.82, 2.24) is 15.1 Å². The molecule has 32 heavy (non-hydrogen) atoms. The van der Waals surface area contributed by atoms with Gasteiger partial charge in [0.15, 0.2) is 0 Å². The Morgan fingerprint density at radius 3 is 1.75 bits per heavy atom. The van der Waals surface area contributed by atoms with E-state index in [4.69, 9.17) is 0 Å². The summed E-state index contributed by atoms with van der Waals surface area (Å²) in [6.07, 6.45) is 0.712. The van der Waals surface area contributed by atoms with Crippen molar-refractivity contribution in [2.45, 2.75) is 12.5 Å². The van der Waals surface area contributed by atoms with E-state index in [1.807, 2.05) is 42.5 Å². The summed E-state index contributed by atoms with van der Waals surface area (Å²) in [6.45, 7) is 2.98. The summed E-state index contributed by atoms with van der Waals surface area (Å²) in [5, 5.41) is 2.77. The predicted octanol–water partition coefficient (Wildman–Crippen LogP) is 3.28. The van der Waals surface area contributed by atoms with Crippen LogP contribution in [-0.4, -0.2) is 54.3 Å². The molecule has 2 amide bonds. The minimum Gasteiger partial charge on any atom is -0.347 e. The summed E-state index contributed by atoms with van der Waals surface area (Å²) in [5.41, 5.74) is 3.61. The first-order valence-corrected chi connectivity index (χ1v) is 11.2. The Morgan fingerprint density at radius 2 is 1.22 bits per heavy atom. The molecule has 3 aromatic carbocycles. The number of carbonyl (C=O) groups excluding carboxylic acids is 2. The molecule has 5 nitrogen and oxygen atoms in total. The number of rotatable bonds is 6. The Labute approximate surface area is 189 Å². The average molecular weight is 428 g/mol. The molecule has 1 saturated heterocycles. The van der Waals surface area contributed by atoms with Crippen molar-refractivity contribution in [3.63, 3.8) is 0 Å². The highest BCUT2D eigenvalue weighted by Gasteiger charge is 2.30. The summed E-state index contributed by atoms with van der Waals surface area (Å²) in [4.78, 5) is 29.1. The van der Waals surface area contributed by atoms with Gasteiger partial charge in [0.2, 0.25) is 0 Å². The zero-order chi connectivity index (χ0) is 22.2. The van der Waals surface area contributed by atoms with Gasteiger partial charge in [-0.05, 0) is 23.1 Å². The van der Waals surface area contributed by atoms with Crippen LogP contribution in [0, 0.1) is 0 Å². The first kappa shape index (κ1) is 21.8. The number of hydrogen-bond donors (Lipinski definition) is 1. The van der Waals surface area contributed by atoms with Crippen molar-refractivity contribution >= 4 is 11.8 Å². The first-order valence-electron chi connectivity index (χ1n) is 11.2. The zero-order valence-corrected chi connectivity index (χ0v) is 18.2. The van der Waals surface area contributed by atoms with E-state index in [-0.39, 0.29) is 6.04 Å². The van der Waals surface area contributed by atoms with Crippen LogP contribution in [0.4, 0.5) is 0 Å². The Morgan fingerprint density at radius 1 is 0.719 bits per heavy atom. The van der Waals surface area contributed by atoms with Crippen LogP contribution in [0.5, 0.6) is 0 Å². The van der Waals surface area contributed by atoms with Gasteiger partial charge in [-0.15, -0.1) is 0 Å². The second-order valence-corrected chi connectivity index (χ2v) is 8.04. The topological polar surface area (TPSA) is 52.7 Å². The lowest BCUT2D eigenvalue weighted by Gasteiger charge is -2.39. The highest BCUT2D eigenvalue weighted by molar-refractivity contribution is 6.35. The average Bonchev–Trinajstić information content (AvgIpc) is 2.86. The Bertz CT molecular complexity index is 961. The van der Waals surface area contributed by atoms with Crippen molar-refractivity contribution in [1.29, 1.82) is 0 Å². The molecule has 0 unspecified atom stereocenters. The molecule has 0 spiro atoms. The van der Waals surface area contributed by atoms with Crippen LogP contribution in [0.2, 0.25) is 0 Å². The summed E-state index contributed by atoms with van der Waals surface area (Å²) < 4.78 is 0. The molecule has 0 atom stereocenters. The number of carbonyl (C=O) groups is 2. The maximum Gasteiger partial charge on any atom is 0.311 e. The van der Waals surface area contributed by atoms with Crippen LogP contribution in [0.15, 0.2) is 91.0 Å². The summed E-state index contributed by atoms with van der Waals surface area (Å²) in [5.74, 6) is -0.953. The number of nitrogens with zero attached hydrogens (tertiary/aromatic N) is 2. The zero-order valence-electron chi connectivity index (χ0n) is 18.2. The van der Waals surface area contributed by atoms with Gasteiger partial charge >= 0.3 is 11.8 Å². The fourth-order valence-corrected chi connectivity index (χ4v) is 4.25. The Kier molecular flexibility index (Phi) is 7.31. The third-order valence-corrected chi connectivity index (χ3v) is 5.93. The highest BCUT2D eigenvalue weighted by Crippen LogP contribution is 2.29. The van der Waals surface area contributed by atoms with Crippen LogP contribution in [-0.2, 0) is 16.0 Å². The maximum absolute atomic E-state index is 12.7. The predicted molar refractivity (Wildman–Crippen MR) is 126 cm³/mol. The van der Waals surface area contributed by atoms with Crippen LogP contribution < -0.4 is 5.32 Å². The highest BCUT2D eigenvalue weighted by atomic mass is 16.2. The van der Waals surface area contributed by atoms with Gasteiger partial charge in [0.05, 0.1) is 6.04 Å². The second kappa shape index (κ2) is 10.7. The largest absolute Gasteiger partial charge is 0.347 e. The van der Waals surface area contributed by atoms with Gasteiger partial charge < -0.3 is 10.2 Å². The molecule has 0 saturated carbocycles. The lowest BCUT2D eigenvalue weighted by atomic mass is 9.96. The SMILES string of the molecule is O=C(NCCc1ccccc1)C(=O)N1CCN(C(c2ccccc2)c2ccccc2)CC1. The lowest BCUT2D eigenvalue weighted by Crippen LogP contribution is -2.53. The smallest absolute Gasteiger partial charge is 0.311 e. The normalized spacial score (nSPS) is 14.3. The standard InChI is InChI=1S/C27H29N3O2/c31-26(28-17-16-22-10-4-1-5-11-22)27(32)30-20-18-29(19-21-30)25(23-12-6-2-7-13-23)24-14-8-3-9-15-24/h1-15,25H,16-21H2,(H,28,31). The van der Waals surface area contributed by atoms with E-state index >= 15 is 0 Å². The van der Waals surface area contributed by atoms with Crippen molar-refractivity contribution in [3.05, 3.63) is 108 Å². The van der Waals surface area contributed by atoms with Crippen LogP contribution in [0.25, 0.3) is 0 Å². The van der Waals surface area contributed by atoms with Gasteiger partial charge in [0.1, 0.15) is 0 Å². The maximum atomic E-state index is 12.7. The molecule has 1 aliphatic rings. The molecule has 0 radical (unpaired) electrons. The van der Waals surface area contributed by atoms with E-state index in [0.29, 0.717) is 26.1 Å². The number of benzene rings is 3. The Hall–Kier alpha value is -3.44. The van der Waals surface area contributed by atoms with E-state index in [2.05, 4.69) is 58.7 Å². The third-order valence-electron chi connectivity index (χ3n) is 5.93. The van der Waals surface area contributed by atoms with E-state index in [0.717, 1.165) is 18.7 Å². The molecule has 0 aliphatic carbocycles. The van der Waals surface area contributed by atoms with Gasteiger partial charge in [-0.1, -0.05) is 91.0 Å². The van der Waals surface area contributed by atoms with E-state index in [9.17, 15) is 9.59 Å². The number of amides is 2. The fraction of sp³-hybridized carbons (Fsp3) is 0.259. The number of piperazine rings is 1. The monoisotopic (exact) mass is 427 g/mol. The van der Waals surface area contributed by atoms with Gasteiger partial charge in [-0.2, -0.15) is 0 Å². The van der Waals surface area contributed by atoms with Crippen molar-refractivity contribution in [2.75, 3.05) is 32.7 Å². The summed E-state index contributed by atoms with van der Waals surface area (Å²) in [7, 11) is 0. The minimum absolute atomic E-state index is 0.134. The molecule has 1 aliphatic heterocycles. The van der Waals surface area contributed by atoms with Gasteiger partial charge in [-0.25, -0.2) is 0 Å². The minimum atomic E-state index is -0.517. The first-order chi connectivity index (χ1) is 15.7. The fourth-order valence-electron chi connectivity index (χ4n) is 4.25. The van der Waals surface area contributed by atoms with E-state index in [1.165, 1.54) is 11.1 Å². The molecule has 5 heteroatoms. The van der Waals surface area contributed by atoms with E-state index < -0.39 is 11.8 Å². The van der Waals surface area contributed by atoms with Gasteiger partial charge in [-0.3, -0.25) is 14.5 Å². The van der Waals surface area contributed by atoms with Crippen molar-refractivity contribution in [3.8, 4) is 0 Å². The number of hydrogen-bond acceptors (Lipinski definition) is 3. The Balaban J connectivity index is 1.34. The molecule has 3 aromatic rings. The summed E-state index contributed by atoms with van der Waals surface area (Å²) >= 11 is 0. The molecule has 1 N–H and O–H groups in total. The van der Waals surface area contributed by atoms with E-state index in [1.54, 1.807) is 4.90 Å². The molecule has 0 bridgehead atoms. The third kappa shape index (κ3) is 5.42. The molecule has 0 aromatic heterocycles. The molecule has 1 heterocycles. The van der Waals surface area contributed by atoms with Crippen molar-refractivity contribution < 1.29 is 9.59 Å². The molecule has 4 rings (SSSR count). The van der Waals surface area contributed by atoms with Gasteiger partial charge in [0, 0.05) is 32.7 Å². The van der Waals surface area contributed by atoms with Crippen LogP contribution in [0.1, 0.15) is 22.7 Å². The molecular formula is C27H29N3O2. The molecular weight excluding hydrogens is 398 g/mol. The quantitative estimate of drug-likeness (QED) is 0.615. The van der Waals surface area contributed by atoms with Crippen molar-refractivity contribution in [2.24, 2.45) is 0 Å². The van der Waals surface area contributed by atoms with Crippen LogP contribution >= 0.6 is 0 Å². The second-order valence-electron chi connectivity index (χ2n) is 8.04.